The summed E-state index contributed by atoms with van der Waals surface area (Å²) in [4.78, 5) is 0. The number of ether oxygens (including phenoxy) is 3. The van der Waals surface area contributed by atoms with Crippen molar-refractivity contribution in [3.8, 4) is 5.75 Å². The molecule has 2 aliphatic heterocycles. The van der Waals surface area contributed by atoms with E-state index in [2.05, 4.69) is 68.1 Å². The molecule has 2 bridgehead atoms. The van der Waals surface area contributed by atoms with Crippen LogP contribution in [-0.2, 0) is 22.5 Å². The van der Waals surface area contributed by atoms with Crippen molar-refractivity contribution in [2.24, 2.45) is 5.92 Å². The van der Waals surface area contributed by atoms with Gasteiger partial charge in [-0.05, 0) is 61.3 Å². The van der Waals surface area contributed by atoms with E-state index >= 15 is 0 Å². The molecule has 2 aromatic carbocycles. The molecule has 4 atom stereocenters. The zero-order valence-electron chi connectivity index (χ0n) is 22.1. The smallest absolute Gasteiger partial charge is 0.123 e. The predicted octanol–water partition coefficient (Wildman–Crippen LogP) is 8.19. The van der Waals surface area contributed by atoms with Gasteiger partial charge in [-0.15, -0.1) is 6.58 Å². The quantitative estimate of drug-likeness (QED) is 0.176. The Hall–Kier alpha value is -2.36. The second-order valence-corrected chi connectivity index (χ2v) is 10.3. The van der Waals surface area contributed by atoms with E-state index in [1.54, 1.807) is 0 Å². The summed E-state index contributed by atoms with van der Waals surface area (Å²) in [5.74, 6) is 1.89. The monoisotopic (exact) mass is 488 g/mol. The highest BCUT2D eigenvalue weighted by atomic mass is 16.5. The maximum absolute atomic E-state index is 6.33. The molecule has 3 nitrogen and oxygen atoms in total. The molecule has 0 spiro atoms. The zero-order valence-corrected chi connectivity index (χ0v) is 22.1. The van der Waals surface area contributed by atoms with E-state index in [0.29, 0.717) is 30.7 Å². The summed E-state index contributed by atoms with van der Waals surface area (Å²) in [5, 5.41) is 0. The van der Waals surface area contributed by atoms with Gasteiger partial charge in [0.05, 0.1) is 18.8 Å². The number of allylic oxidation sites excluding steroid dienone is 3. The number of unbranched alkanes of at least 4 members (excludes halogenated alkanes) is 4. The maximum atomic E-state index is 6.33. The minimum absolute atomic E-state index is 0.345. The SMILES string of the molecule is C=CCCC=CCc1ccccc1OCc1ccc([C@@H]2[C@H](COCCCCCC)[C@@H]3CC[C@H]2O3)cc1. The first-order chi connectivity index (χ1) is 17.8. The van der Waals surface area contributed by atoms with Crippen LogP contribution in [-0.4, -0.2) is 25.4 Å². The van der Waals surface area contributed by atoms with Gasteiger partial charge in [-0.2, -0.15) is 0 Å². The summed E-state index contributed by atoms with van der Waals surface area (Å²) in [5.41, 5.74) is 3.80. The van der Waals surface area contributed by atoms with Gasteiger partial charge >= 0.3 is 0 Å². The molecule has 0 N–H and O–H groups in total. The van der Waals surface area contributed by atoms with Gasteiger partial charge in [-0.1, -0.05) is 86.9 Å². The Morgan fingerprint density at radius 2 is 1.78 bits per heavy atom. The first kappa shape index (κ1) is 26.7. The molecule has 2 heterocycles. The van der Waals surface area contributed by atoms with Gasteiger partial charge in [0.15, 0.2) is 0 Å². The lowest BCUT2D eigenvalue weighted by molar-refractivity contribution is 0.0495. The summed E-state index contributed by atoms with van der Waals surface area (Å²) in [6.45, 7) is 8.31. The molecule has 0 aliphatic carbocycles. The van der Waals surface area contributed by atoms with E-state index in [0.717, 1.165) is 38.2 Å². The van der Waals surface area contributed by atoms with E-state index in [1.165, 1.54) is 55.2 Å². The first-order valence-electron chi connectivity index (χ1n) is 14.1. The van der Waals surface area contributed by atoms with Crippen LogP contribution in [0.2, 0.25) is 0 Å². The van der Waals surface area contributed by atoms with E-state index in [4.69, 9.17) is 14.2 Å². The van der Waals surface area contributed by atoms with E-state index < -0.39 is 0 Å². The average Bonchev–Trinajstić information content (AvgIpc) is 3.52. The highest BCUT2D eigenvalue weighted by Crippen LogP contribution is 2.48. The van der Waals surface area contributed by atoms with Gasteiger partial charge in [0, 0.05) is 18.4 Å². The van der Waals surface area contributed by atoms with Crippen LogP contribution < -0.4 is 4.74 Å². The van der Waals surface area contributed by atoms with Crippen molar-refractivity contribution in [2.75, 3.05) is 13.2 Å². The Labute approximate surface area is 218 Å². The Bertz CT molecular complexity index is 948. The predicted molar refractivity (Wildman–Crippen MR) is 149 cm³/mol. The van der Waals surface area contributed by atoms with Crippen molar-refractivity contribution >= 4 is 0 Å². The summed E-state index contributed by atoms with van der Waals surface area (Å²) < 4.78 is 18.7. The van der Waals surface area contributed by atoms with Crippen LogP contribution in [0, 0.1) is 5.92 Å². The van der Waals surface area contributed by atoms with Crippen LogP contribution in [0.4, 0.5) is 0 Å². The van der Waals surface area contributed by atoms with Gasteiger partial charge in [-0.3, -0.25) is 0 Å². The minimum atomic E-state index is 0.345. The molecule has 2 aliphatic rings. The Kier molecular flexibility index (Phi) is 10.7. The minimum Gasteiger partial charge on any atom is -0.489 e. The van der Waals surface area contributed by atoms with E-state index in [-0.39, 0.29) is 0 Å². The van der Waals surface area contributed by atoms with Crippen molar-refractivity contribution < 1.29 is 14.2 Å². The molecule has 0 amide bonds. The van der Waals surface area contributed by atoms with Crippen molar-refractivity contribution in [3.05, 3.63) is 90.0 Å². The summed E-state index contributed by atoms with van der Waals surface area (Å²) in [7, 11) is 0. The topological polar surface area (TPSA) is 27.7 Å². The fourth-order valence-corrected chi connectivity index (χ4v) is 5.65. The number of benzene rings is 2. The Morgan fingerprint density at radius 3 is 2.61 bits per heavy atom. The van der Waals surface area contributed by atoms with Gasteiger partial charge in [0.1, 0.15) is 12.4 Å². The van der Waals surface area contributed by atoms with Crippen LogP contribution >= 0.6 is 0 Å². The average molecular weight is 489 g/mol. The highest BCUT2D eigenvalue weighted by molar-refractivity contribution is 5.35. The molecule has 36 heavy (non-hydrogen) atoms. The van der Waals surface area contributed by atoms with Gasteiger partial charge in [0.2, 0.25) is 0 Å². The lowest BCUT2D eigenvalue weighted by atomic mass is 9.76. The van der Waals surface area contributed by atoms with Gasteiger partial charge < -0.3 is 14.2 Å². The van der Waals surface area contributed by atoms with Crippen LogP contribution in [0.1, 0.15) is 80.9 Å². The third kappa shape index (κ3) is 7.33. The molecular weight excluding hydrogens is 444 g/mol. The third-order valence-electron chi connectivity index (χ3n) is 7.65. The normalized spacial score (nSPS) is 22.9. The molecule has 0 aromatic heterocycles. The first-order valence-corrected chi connectivity index (χ1v) is 14.1. The molecular formula is C33H44O3. The molecule has 0 unspecified atom stereocenters. The molecule has 3 heteroatoms. The lowest BCUT2D eigenvalue weighted by Crippen LogP contribution is -2.29. The number of hydrogen-bond donors (Lipinski definition) is 0. The zero-order chi connectivity index (χ0) is 25.0. The summed E-state index contributed by atoms with van der Waals surface area (Å²) in [6, 6.07) is 17.4. The molecule has 194 valence electrons. The van der Waals surface area contributed by atoms with Crippen LogP contribution in [0.5, 0.6) is 5.75 Å². The standard InChI is InChI=1S/C33H44O3/c1-3-5-7-9-10-14-27-15-11-12-16-30(27)35-24-26-17-19-28(20-18-26)33-29(31-21-22-32(33)36-31)25-34-23-13-8-6-4-2/h3,9-12,15-20,29,31-33H,1,4-8,13-14,21-25H2,2H3/t29-,31+,32-,33-/m1/s1. The van der Waals surface area contributed by atoms with Crippen molar-refractivity contribution in [2.45, 2.75) is 89.4 Å². The highest BCUT2D eigenvalue weighted by Gasteiger charge is 2.49. The fraction of sp³-hybridized carbons (Fsp3) is 0.515. The molecule has 2 saturated heterocycles. The third-order valence-corrected chi connectivity index (χ3v) is 7.65. The molecule has 0 saturated carbocycles. The van der Waals surface area contributed by atoms with E-state index in [1.807, 2.05) is 12.1 Å². The molecule has 2 fully saturated rings. The Morgan fingerprint density at radius 1 is 0.944 bits per heavy atom. The molecule has 0 radical (unpaired) electrons. The second-order valence-electron chi connectivity index (χ2n) is 10.3. The van der Waals surface area contributed by atoms with Crippen molar-refractivity contribution in [1.29, 1.82) is 0 Å². The number of hydrogen-bond acceptors (Lipinski definition) is 3. The van der Waals surface area contributed by atoms with E-state index in [9.17, 15) is 0 Å². The fourth-order valence-electron chi connectivity index (χ4n) is 5.65. The van der Waals surface area contributed by atoms with Gasteiger partial charge in [0.25, 0.3) is 0 Å². The second kappa shape index (κ2) is 14.4. The van der Waals surface area contributed by atoms with Crippen molar-refractivity contribution in [3.63, 3.8) is 0 Å². The van der Waals surface area contributed by atoms with Crippen LogP contribution in [0.15, 0.2) is 73.3 Å². The van der Waals surface area contributed by atoms with Crippen LogP contribution in [0.3, 0.4) is 0 Å². The van der Waals surface area contributed by atoms with Gasteiger partial charge in [-0.25, -0.2) is 0 Å². The largest absolute Gasteiger partial charge is 0.489 e. The van der Waals surface area contributed by atoms with Crippen molar-refractivity contribution in [1.82, 2.24) is 0 Å². The summed E-state index contributed by atoms with van der Waals surface area (Å²) >= 11 is 0. The lowest BCUT2D eigenvalue weighted by Gasteiger charge is -2.28. The summed E-state index contributed by atoms with van der Waals surface area (Å²) in [6.07, 6.45) is 17.4. The molecule has 4 rings (SSSR count). The van der Waals surface area contributed by atoms with Crippen LogP contribution in [0.25, 0.3) is 0 Å². The Balaban J connectivity index is 1.30. The number of para-hydroxylation sites is 1. The number of fused-ring (bicyclic) bond motifs is 2. The number of rotatable bonds is 16. The maximum Gasteiger partial charge on any atom is 0.123 e. The molecule has 2 aromatic rings.